The maximum Gasteiger partial charge on any atom is 0.308 e. The number of hydrogen-bond donors (Lipinski definition) is 0. The molecule has 2 atom stereocenters. The summed E-state index contributed by atoms with van der Waals surface area (Å²) in [6.45, 7) is 18.8. The van der Waals surface area contributed by atoms with Crippen LogP contribution < -0.4 is 0 Å². The number of rotatable bonds is 12. The molecule has 1 rings (SSSR count). The third-order valence-corrected chi connectivity index (χ3v) is 6.31. The van der Waals surface area contributed by atoms with E-state index in [1.54, 1.807) is 0 Å². The van der Waals surface area contributed by atoms with Crippen molar-refractivity contribution in [1.82, 2.24) is 0 Å². The van der Waals surface area contributed by atoms with Crippen molar-refractivity contribution in [2.24, 2.45) is 34.5 Å². The SMILES string of the molecule is CC(C)CC(C)(C)CCOC(=O)C1CCCC(C(=O)OCCC(C)(C)CC(C)C)C1. The van der Waals surface area contributed by atoms with Crippen LogP contribution in [0.2, 0.25) is 0 Å². The predicted molar refractivity (Wildman–Crippen MR) is 123 cm³/mol. The van der Waals surface area contributed by atoms with Crippen molar-refractivity contribution in [3.63, 3.8) is 0 Å². The fourth-order valence-electron chi connectivity index (χ4n) is 5.12. The molecule has 4 heteroatoms. The minimum absolute atomic E-state index is 0.133. The lowest BCUT2D eigenvalue weighted by Crippen LogP contribution is -2.31. The summed E-state index contributed by atoms with van der Waals surface area (Å²) in [5.41, 5.74) is 0.355. The largest absolute Gasteiger partial charge is 0.465 e. The van der Waals surface area contributed by atoms with Gasteiger partial charge in [-0.05, 0) is 67.6 Å². The van der Waals surface area contributed by atoms with Crippen LogP contribution in [0, 0.1) is 34.5 Å². The Morgan fingerprint density at radius 1 is 0.767 bits per heavy atom. The van der Waals surface area contributed by atoms with Gasteiger partial charge in [-0.15, -0.1) is 0 Å². The predicted octanol–water partition coefficient (Wildman–Crippen LogP) is 6.80. The van der Waals surface area contributed by atoms with Gasteiger partial charge in [-0.25, -0.2) is 0 Å². The molecule has 0 amide bonds. The average molecular weight is 425 g/mol. The number of hydrogen-bond acceptors (Lipinski definition) is 4. The van der Waals surface area contributed by atoms with E-state index in [0.29, 0.717) is 31.5 Å². The maximum absolute atomic E-state index is 12.5. The maximum atomic E-state index is 12.5. The lowest BCUT2D eigenvalue weighted by Gasteiger charge is -2.29. The van der Waals surface area contributed by atoms with Crippen LogP contribution in [0.4, 0.5) is 0 Å². The molecule has 1 saturated carbocycles. The molecule has 30 heavy (non-hydrogen) atoms. The zero-order valence-electron chi connectivity index (χ0n) is 21.0. The number of carbonyl (C=O) groups is 2. The van der Waals surface area contributed by atoms with E-state index in [1.165, 1.54) is 0 Å². The van der Waals surface area contributed by atoms with Crippen LogP contribution in [0.3, 0.4) is 0 Å². The summed E-state index contributed by atoms with van der Waals surface area (Å²) in [5.74, 6) is 0.675. The summed E-state index contributed by atoms with van der Waals surface area (Å²) in [5, 5.41) is 0. The molecule has 1 fully saturated rings. The molecule has 0 aromatic carbocycles. The van der Waals surface area contributed by atoms with Crippen molar-refractivity contribution in [2.75, 3.05) is 13.2 Å². The van der Waals surface area contributed by atoms with E-state index in [2.05, 4.69) is 55.4 Å². The highest BCUT2D eigenvalue weighted by atomic mass is 16.5. The van der Waals surface area contributed by atoms with Gasteiger partial charge in [0, 0.05) is 0 Å². The van der Waals surface area contributed by atoms with Crippen LogP contribution in [0.5, 0.6) is 0 Å². The minimum Gasteiger partial charge on any atom is -0.465 e. The zero-order valence-corrected chi connectivity index (χ0v) is 21.0. The van der Waals surface area contributed by atoms with Crippen molar-refractivity contribution in [2.45, 2.75) is 107 Å². The van der Waals surface area contributed by atoms with Crippen LogP contribution >= 0.6 is 0 Å². The van der Waals surface area contributed by atoms with Crippen molar-refractivity contribution >= 4 is 11.9 Å². The first-order valence-corrected chi connectivity index (χ1v) is 12.1. The standard InChI is InChI=1S/C26H48O4/c1-19(2)17-25(5,6)12-14-29-23(27)21-10-9-11-22(16-21)24(28)30-15-13-26(7,8)18-20(3)4/h19-22H,9-18H2,1-8H3. The molecule has 0 heterocycles. The van der Waals surface area contributed by atoms with E-state index in [-0.39, 0.29) is 34.6 Å². The Labute approximate surface area is 185 Å². The topological polar surface area (TPSA) is 52.6 Å². The first-order valence-electron chi connectivity index (χ1n) is 12.1. The first-order chi connectivity index (χ1) is 13.8. The fourth-order valence-corrected chi connectivity index (χ4v) is 5.12. The van der Waals surface area contributed by atoms with Crippen LogP contribution in [0.15, 0.2) is 0 Å². The van der Waals surface area contributed by atoms with E-state index in [1.807, 2.05) is 0 Å². The van der Waals surface area contributed by atoms with Crippen LogP contribution in [0.1, 0.15) is 107 Å². The monoisotopic (exact) mass is 424 g/mol. The van der Waals surface area contributed by atoms with E-state index < -0.39 is 0 Å². The Morgan fingerprint density at radius 3 is 1.47 bits per heavy atom. The highest BCUT2D eigenvalue weighted by Gasteiger charge is 2.33. The minimum atomic E-state index is -0.165. The number of ether oxygens (including phenoxy) is 2. The molecule has 1 aliphatic carbocycles. The summed E-state index contributed by atoms with van der Waals surface area (Å²) in [4.78, 5) is 25.1. The van der Waals surface area contributed by atoms with E-state index in [4.69, 9.17) is 9.47 Å². The summed E-state index contributed by atoms with van der Waals surface area (Å²) in [7, 11) is 0. The Balaban J connectivity index is 2.39. The van der Waals surface area contributed by atoms with Gasteiger partial charge >= 0.3 is 11.9 Å². The van der Waals surface area contributed by atoms with Crippen molar-refractivity contribution < 1.29 is 19.1 Å². The molecule has 1 aliphatic rings. The molecule has 0 N–H and O–H groups in total. The first kappa shape index (κ1) is 27.0. The summed E-state index contributed by atoms with van der Waals surface area (Å²) in [6.07, 6.45) is 7.09. The van der Waals surface area contributed by atoms with Crippen LogP contribution in [0.25, 0.3) is 0 Å². The normalized spacial score (nSPS) is 20.5. The lowest BCUT2D eigenvalue weighted by atomic mass is 9.80. The van der Waals surface area contributed by atoms with Gasteiger partial charge in [0.2, 0.25) is 0 Å². The summed E-state index contributed by atoms with van der Waals surface area (Å²) < 4.78 is 11.2. The van der Waals surface area contributed by atoms with Gasteiger partial charge in [0.15, 0.2) is 0 Å². The van der Waals surface area contributed by atoms with E-state index in [9.17, 15) is 9.59 Å². The van der Waals surface area contributed by atoms with E-state index >= 15 is 0 Å². The van der Waals surface area contributed by atoms with Gasteiger partial charge in [-0.2, -0.15) is 0 Å². The smallest absolute Gasteiger partial charge is 0.308 e. The Hall–Kier alpha value is -1.06. The Kier molecular flexibility index (Phi) is 10.9. The van der Waals surface area contributed by atoms with E-state index in [0.717, 1.165) is 44.9 Å². The summed E-state index contributed by atoms with van der Waals surface area (Å²) >= 11 is 0. The second kappa shape index (κ2) is 12.1. The van der Waals surface area contributed by atoms with Gasteiger partial charge in [-0.1, -0.05) is 61.8 Å². The molecular formula is C26H48O4. The van der Waals surface area contributed by atoms with Gasteiger partial charge in [0.1, 0.15) is 0 Å². The molecule has 0 aromatic heterocycles. The third kappa shape index (κ3) is 10.8. The van der Waals surface area contributed by atoms with Gasteiger partial charge in [-0.3, -0.25) is 9.59 Å². The molecule has 0 radical (unpaired) electrons. The molecule has 2 unspecified atom stereocenters. The lowest BCUT2D eigenvalue weighted by molar-refractivity contribution is -0.155. The molecular weight excluding hydrogens is 376 g/mol. The second-order valence-electron chi connectivity index (χ2n) is 11.9. The number of esters is 2. The van der Waals surface area contributed by atoms with Crippen LogP contribution in [-0.2, 0) is 19.1 Å². The second-order valence-corrected chi connectivity index (χ2v) is 11.9. The molecule has 4 nitrogen and oxygen atoms in total. The third-order valence-electron chi connectivity index (χ3n) is 6.31. The van der Waals surface area contributed by atoms with Gasteiger partial charge in [0.25, 0.3) is 0 Å². The molecule has 0 bridgehead atoms. The quantitative estimate of drug-likeness (QED) is 0.323. The van der Waals surface area contributed by atoms with Gasteiger partial charge in [0.05, 0.1) is 25.0 Å². The molecule has 0 aliphatic heterocycles. The fraction of sp³-hybridized carbons (Fsp3) is 0.923. The zero-order chi connectivity index (χ0) is 22.9. The van der Waals surface area contributed by atoms with Crippen molar-refractivity contribution in [3.8, 4) is 0 Å². The molecule has 0 spiro atoms. The molecule has 176 valence electrons. The highest BCUT2D eigenvalue weighted by molar-refractivity contribution is 5.76. The van der Waals surface area contributed by atoms with Gasteiger partial charge < -0.3 is 9.47 Å². The Morgan fingerprint density at radius 2 is 1.13 bits per heavy atom. The summed E-state index contributed by atoms with van der Waals surface area (Å²) in [6, 6.07) is 0. The Bertz CT molecular complexity index is 487. The molecule has 0 aromatic rings. The van der Waals surface area contributed by atoms with Crippen molar-refractivity contribution in [1.29, 1.82) is 0 Å². The number of carbonyl (C=O) groups excluding carboxylic acids is 2. The molecule has 0 saturated heterocycles. The van der Waals surface area contributed by atoms with Crippen LogP contribution in [-0.4, -0.2) is 25.2 Å². The average Bonchev–Trinajstić information content (AvgIpc) is 2.59. The highest BCUT2D eigenvalue weighted by Crippen LogP contribution is 2.33. The van der Waals surface area contributed by atoms with Crippen molar-refractivity contribution in [3.05, 3.63) is 0 Å².